The molecule has 90 valence electrons. The summed E-state index contributed by atoms with van der Waals surface area (Å²) >= 11 is 0. The largest absolute Gasteiger partial charge is 0.389 e. The van der Waals surface area contributed by atoms with Gasteiger partial charge in [-0.1, -0.05) is 6.92 Å². The molecule has 0 spiro atoms. The number of amides is 1. The molecule has 0 fully saturated rings. The fourth-order valence-corrected chi connectivity index (χ4v) is 1.42. The van der Waals surface area contributed by atoms with Gasteiger partial charge in [-0.15, -0.1) is 0 Å². The molecule has 5 heteroatoms. The molecule has 1 amide bonds. The summed E-state index contributed by atoms with van der Waals surface area (Å²) in [5, 5.41) is 12.4. The van der Waals surface area contributed by atoms with Crippen LogP contribution < -0.4 is 5.32 Å². The van der Waals surface area contributed by atoms with E-state index in [2.05, 4.69) is 5.32 Å². The van der Waals surface area contributed by atoms with Gasteiger partial charge in [-0.3, -0.25) is 4.79 Å². The van der Waals surface area contributed by atoms with Gasteiger partial charge in [0, 0.05) is 33.2 Å². The van der Waals surface area contributed by atoms with E-state index >= 15 is 0 Å². The number of carbonyl (C=O) groups is 1. The second kappa shape index (κ2) is 7.62. The third-order valence-electron chi connectivity index (χ3n) is 2.15. The summed E-state index contributed by atoms with van der Waals surface area (Å²) in [6.45, 7) is 3.06. The van der Waals surface area contributed by atoms with Crippen molar-refractivity contribution < 1.29 is 14.6 Å². The highest BCUT2D eigenvalue weighted by molar-refractivity contribution is 5.78. The van der Waals surface area contributed by atoms with Gasteiger partial charge >= 0.3 is 0 Å². The Morgan fingerprint density at radius 2 is 2.20 bits per heavy atom. The first-order chi connectivity index (χ1) is 7.02. The quantitative estimate of drug-likeness (QED) is 0.593. The predicted octanol–water partition coefficient (Wildman–Crippen LogP) is -0.692. The summed E-state index contributed by atoms with van der Waals surface area (Å²) in [7, 11) is 5.02. The van der Waals surface area contributed by atoms with Gasteiger partial charge in [0.2, 0.25) is 5.91 Å². The summed E-state index contributed by atoms with van der Waals surface area (Å²) in [5.41, 5.74) is 0. The lowest BCUT2D eigenvalue weighted by atomic mass is 10.1. The first kappa shape index (κ1) is 14.3. The zero-order valence-corrected chi connectivity index (χ0v) is 9.99. The smallest absolute Gasteiger partial charge is 0.226 e. The normalized spacial score (nSPS) is 14.7. The highest BCUT2D eigenvalue weighted by Crippen LogP contribution is 2.00. The van der Waals surface area contributed by atoms with Crippen LogP contribution in [-0.2, 0) is 9.53 Å². The Morgan fingerprint density at radius 1 is 1.60 bits per heavy atom. The number of carbonyl (C=O) groups excluding carboxylic acids is 1. The molecular formula is C10H22N2O3. The molecule has 0 aliphatic carbocycles. The highest BCUT2D eigenvalue weighted by atomic mass is 16.5. The topological polar surface area (TPSA) is 61.8 Å². The number of methoxy groups -OCH3 is 1. The molecule has 0 aliphatic heterocycles. The lowest BCUT2D eigenvalue weighted by Gasteiger charge is -2.23. The monoisotopic (exact) mass is 218 g/mol. The molecule has 2 atom stereocenters. The van der Waals surface area contributed by atoms with E-state index in [0.717, 1.165) is 0 Å². The van der Waals surface area contributed by atoms with E-state index in [-0.39, 0.29) is 18.4 Å². The van der Waals surface area contributed by atoms with Gasteiger partial charge in [0.15, 0.2) is 0 Å². The molecule has 0 saturated heterocycles. The average Bonchev–Trinajstić information content (AvgIpc) is 2.17. The van der Waals surface area contributed by atoms with E-state index in [4.69, 9.17) is 4.74 Å². The molecule has 0 bridgehead atoms. The molecule has 0 aromatic heterocycles. The van der Waals surface area contributed by atoms with E-state index in [1.54, 1.807) is 7.05 Å². The Morgan fingerprint density at radius 3 is 2.67 bits per heavy atom. The fraction of sp³-hybridized carbons (Fsp3) is 0.900. The highest BCUT2D eigenvalue weighted by Gasteiger charge is 2.18. The van der Waals surface area contributed by atoms with Crippen molar-refractivity contribution in [2.24, 2.45) is 5.92 Å². The zero-order valence-electron chi connectivity index (χ0n) is 9.99. The van der Waals surface area contributed by atoms with E-state index in [1.165, 1.54) is 12.0 Å². The Bertz CT molecular complexity index is 188. The van der Waals surface area contributed by atoms with Gasteiger partial charge in [0.1, 0.15) is 0 Å². The minimum atomic E-state index is -0.620. The standard InChI is InChI=1S/C10H22N2O3/c1-8(5-11-2)10(14)12(3)6-9(13)7-15-4/h8-9,11,13H,5-7H2,1-4H3. The van der Waals surface area contributed by atoms with E-state index in [9.17, 15) is 9.90 Å². The minimum absolute atomic E-state index is 0.0273. The van der Waals surface area contributed by atoms with Crippen molar-refractivity contribution in [1.82, 2.24) is 10.2 Å². The van der Waals surface area contributed by atoms with Gasteiger partial charge in [-0.2, -0.15) is 0 Å². The second-order valence-corrected chi connectivity index (χ2v) is 3.79. The molecule has 2 unspecified atom stereocenters. The molecule has 0 saturated carbocycles. The number of aliphatic hydroxyl groups is 1. The van der Waals surface area contributed by atoms with Crippen LogP contribution >= 0.6 is 0 Å². The van der Waals surface area contributed by atoms with Crippen LogP contribution in [0.5, 0.6) is 0 Å². The van der Waals surface area contributed by atoms with Crippen LogP contribution in [0.2, 0.25) is 0 Å². The maximum absolute atomic E-state index is 11.7. The Balaban J connectivity index is 3.97. The van der Waals surface area contributed by atoms with Crippen LogP contribution in [0.15, 0.2) is 0 Å². The number of nitrogens with zero attached hydrogens (tertiary/aromatic N) is 1. The number of likely N-dealkylation sites (N-methyl/N-ethyl adjacent to an activating group) is 1. The molecule has 0 rings (SSSR count). The zero-order chi connectivity index (χ0) is 11.8. The molecule has 0 heterocycles. The number of ether oxygens (including phenoxy) is 1. The van der Waals surface area contributed by atoms with Crippen molar-refractivity contribution in [1.29, 1.82) is 0 Å². The van der Waals surface area contributed by atoms with Crippen LogP contribution in [0, 0.1) is 5.92 Å². The van der Waals surface area contributed by atoms with Crippen LogP contribution in [0.3, 0.4) is 0 Å². The van der Waals surface area contributed by atoms with Gasteiger partial charge in [-0.25, -0.2) is 0 Å². The summed E-state index contributed by atoms with van der Waals surface area (Å²) in [4.78, 5) is 13.2. The van der Waals surface area contributed by atoms with Crippen molar-refractivity contribution in [3.8, 4) is 0 Å². The van der Waals surface area contributed by atoms with Crippen molar-refractivity contribution in [2.75, 3.05) is 40.9 Å². The molecule has 0 aromatic carbocycles. The molecule has 0 aromatic rings. The van der Waals surface area contributed by atoms with E-state index in [1.807, 2.05) is 14.0 Å². The molecule has 2 N–H and O–H groups in total. The summed E-state index contributed by atoms with van der Waals surface area (Å²) < 4.78 is 4.79. The van der Waals surface area contributed by atoms with Crippen molar-refractivity contribution in [2.45, 2.75) is 13.0 Å². The minimum Gasteiger partial charge on any atom is -0.389 e. The van der Waals surface area contributed by atoms with Crippen LogP contribution in [0.25, 0.3) is 0 Å². The van der Waals surface area contributed by atoms with E-state index < -0.39 is 6.10 Å². The third kappa shape index (κ3) is 5.71. The number of nitrogens with one attached hydrogen (secondary N) is 1. The molecule has 0 radical (unpaired) electrons. The van der Waals surface area contributed by atoms with Crippen LogP contribution in [0.4, 0.5) is 0 Å². The molecule has 0 aliphatic rings. The second-order valence-electron chi connectivity index (χ2n) is 3.79. The SMILES string of the molecule is CNCC(C)C(=O)N(C)CC(O)COC. The van der Waals surface area contributed by atoms with Crippen LogP contribution in [0.1, 0.15) is 6.92 Å². The predicted molar refractivity (Wildman–Crippen MR) is 58.6 cm³/mol. The summed E-state index contributed by atoms with van der Waals surface area (Å²) in [6.07, 6.45) is -0.620. The van der Waals surface area contributed by atoms with E-state index in [0.29, 0.717) is 13.1 Å². The van der Waals surface area contributed by atoms with Crippen molar-refractivity contribution in [3.05, 3.63) is 0 Å². The summed E-state index contributed by atoms with van der Waals surface area (Å²) in [5.74, 6) is -0.0470. The van der Waals surface area contributed by atoms with Gasteiger partial charge in [0.05, 0.1) is 12.7 Å². The summed E-state index contributed by atoms with van der Waals surface area (Å²) in [6, 6.07) is 0. The number of hydrogen-bond donors (Lipinski definition) is 2. The van der Waals surface area contributed by atoms with Crippen molar-refractivity contribution in [3.63, 3.8) is 0 Å². The lowest BCUT2D eigenvalue weighted by molar-refractivity contribution is -0.135. The number of rotatable bonds is 7. The number of aliphatic hydroxyl groups excluding tert-OH is 1. The maximum atomic E-state index is 11.7. The maximum Gasteiger partial charge on any atom is 0.226 e. The number of hydrogen-bond acceptors (Lipinski definition) is 4. The Labute approximate surface area is 91.4 Å². The third-order valence-corrected chi connectivity index (χ3v) is 2.15. The molecule has 15 heavy (non-hydrogen) atoms. The van der Waals surface area contributed by atoms with Gasteiger partial charge in [0.25, 0.3) is 0 Å². The lowest BCUT2D eigenvalue weighted by Crippen LogP contribution is -2.41. The van der Waals surface area contributed by atoms with Crippen LogP contribution in [-0.4, -0.2) is 62.9 Å². The molecule has 5 nitrogen and oxygen atoms in total. The first-order valence-corrected chi connectivity index (χ1v) is 5.09. The van der Waals surface area contributed by atoms with Gasteiger partial charge in [-0.05, 0) is 7.05 Å². The molecular weight excluding hydrogens is 196 g/mol. The fourth-order valence-electron chi connectivity index (χ4n) is 1.42. The van der Waals surface area contributed by atoms with Crippen molar-refractivity contribution >= 4 is 5.91 Å². The Hall–Kier alpha value is -0.650. The Kier molecular flexibility index (Phi) is 7.29. The van der Waals surface area contributed by atoms with Gasteiger partial charge < -0.3 is 20.1 Å². The average molecular weight is 218 g/mol. The first-order valence-electron chi connectivity index (χ1n) is 5.09.